The minimum Gasteiger partial charge on any atom is -0.382 e. The van der Waals surface area contributed by atoms with Gasteiger partial charge in [0.25, 0.3) is 15.6 Å². The zero-order valence-corrected chi connectivity index (χ0v) is 20.7. The van der Waals surface area contributed by atoms with Gasteiger partial charge in [-0.05, 0) is 61.4 Å². The fourth-order valence-corrected chi connectivity index (χ4v) is 5.97. The van der Waals surface area contributed by atoms with Crippen LogP contribution in [0.3, 0.4) is 0 Å². The van der Waals surface area contributed by atoms with Crippen LogP contribution in [0.1, 0.15) is 26.2 Å². The number of rotatable bonds is 6. The molecule has 2 aromatic heterocycles. The fraction of sp³-hybridized carbons (Fsp3) is 0.217. The number of anilines is 2. The van der Waals surface area contributed by atoms with Crippen LogP contribution in [0.2, 0.25) is 0 Å². The smallest absolute Gasteiger partial charge is 0.334 e. The van der Waals surface area contributed by atoms with Crippen LogP contribution in [0.5, 0.6) is 0 Å². The number of hydrogen-bond acceptors (Lipinski definition) is 8. The summed E-state index contributed by atoms with van der Waals surface area (Å²) in [5.74, 6) is 0.0490. The van der Waals surface area contributed by atoms with Gasteiger partial charge >= 0.3 is 11.7 Å². The Morgan fingerprint density at radius 1 is 1.14 bits per heavy atom. The number of H-pyrrole nitrogens is 1. The van der Waals surface area contributed by atoms with Crippen molar-refractivity contribution >= 4 is 50.1 Å². The number of fused-ring (bicyclic) bond motifs is 1. The van der Waals surface area contributed by atoms with E-state index < -0.39 is 27.3 Å². The SMILES string of the molecule is CC1=CCC=C(S(=O)(=O)NC(=O)Nc2ccc(-n3c(=O)[nH]c4cc(NC5CC5)ccc4c3=O)nc2)S1. The highest BCUT2D eigenvalue weighted by atomic mass is 32.3. The van der Waals surface area contributed by atoms with Crippen molar-refractivity contribution in [1.82, 2.24) is 19.3 Å². The number of carbonyl (C=O) groups is 1. The van der Waals surface area contributed by atoms with E-state index in [0.29, 0.717) is 23.4 Å². The molecule has 11 nitrogen and oxygen atoms in total. The van der Waals surface area contributed by atoms with Crippen molar-refractivity contribution in [2.24, 2.45) is 0 Å². The molecular weight excluding hydrogens is 504 g/mol. The fourth-order valence-electron chi connectivity index (χ4n) is 3.63. The minimum absolute atomic E-state index is 0.0490. The van der Waals surface area contributed by atoms with Gasteiger partial charge in [-0.15, -0.1) is 0 Å². The molecule has 1 aliphatic heterocycles. The molecule has 3 aromatic rings. The number of aromatic amines is 1. The Kier molecular flexibility index (Phi) is 6.18. The summed E-state index contributed by atoms with van der Waals surface area (Å²) in [6.07, 6.45) is 7.28. The molecule has 0 atom stereocenters. The molecule has 4 N–H and O–H groups in total. The second kappa shape index (κ2) is 9.32. The largest absolute Gasteiger partial charge is 0.382 e. The number of sulfonamides is 1. The van der Waals surface area contributed by atoms with Crippen LogP contribution in [-0.4, -0.2) is 35.0 Å². The maximum atomic E-state index is 13.0. The van der Waals surface area contributed by atoms with Gasteiger partial charge in [0, 0.05) is 11.7 Å². The molecule has 1 fully saturated rings. The number of pyridine rings is 1. The topological polar surface area (TPSA) is 155 Å². The monoisotopic (exact) mass is 526 g/mol. The highest BCUT2D eigenvalue weighted by molar-refractivity contribution is 8.20. The Bertz CT molecular complexity index is 1650. The van der Waals surface area contributed by atoms with E-state index in [2.05, 4.69) is 20.6 Å². The molecule has 2 aliphatic rings. The van der Waals surface area contributed by atoms with Crippen molar-refractivity contribution in [3.8, 4) is 5.82 Å². The first-order valence-electron chi connectivity index (χ1n) is 11.1. The minimum atomic E-state index is -4.02. The van der Waals surface area contributed by atoms with E-state index in [0.717, 1.165) is 39.8 Å². The zero-order chi connectivity index (χ0) is 25.4. The summed E-state index contributed by atoms with van der Waals surface area (Å²) < 4.78 is 27.8. The van der Waals surface area contributed by atoms with Gasteiger partial charge in [0.2, 0.25) is 0 Å². The maximum Gasteiger partial charge on any atom is 0.334 e. The number of nitrogens with zero attached hydrogens (tertiary/aromatic N) is 2. The number of allylic oxidation sites excluding steroid dienone is 3. The third-order valence-corrected chi connectivity index (χ3v) is 8.44. The normalized spacial score (nSPS) is 15.7. The molecule has 0 unspecified atom stereocenters. The molecule has 1 aliphatic carbocycles. The van der Waals surface area contributed by atoms with Crippen LogP contribution in [-0.2, 0) is 10.0 Å². The summed E-state index contributed by atoms with van der Waals surface area (Å²) in [7, 11) is -4.02. The molecule has 3 heterocycles. The van der Waals surface area contributed by atoms with Crippen LogP contribution in [0.25, 0.3) is 16.7 Å². The van der Waals surface area contributed by atoms with Gasteiger partial charge in [0.1, 0.15) is 10.1 Å². The first kappa shape index (κ1) is 23.9. The lowest BCUT2D eigenvalue weighted by molar-refractivity contribution is 0.256. The van der Waals surface area contributed by atoms with Crippen molar-refractivity contribution in [1.29, 1.82) is 0 Å². The molecule has 1 saturated carbocycles. The number of nitrogens with one attached hydrogen (secondary N) is 4. The van der Waals surface area contributed by atoms with E-state index in [1.54, 1.807) is 25.1 Å². The highest BCUT2D eigenvalue weighted by Crippen LogP contribution is 2.33. The molecule has 1 aromatic carbocycles. The lowest BCUT2D eigenvalue weighted by Gasteiger charge is -2.14. The van der Waals surface area contributed by atoms with Crippen molar-refractivity contribution in [2.45, 2.75) is 32.2 Å². The Morgan fingerprint density at radius 3 is 2.61 bits per heavy atom. The first-order valence-corrected chi connectivity index (χ1v) is 13.4. The van der Waals surface area contributed by atoms with E-state index in [9.17, 15) is 22.8 Å². The summed E-state index contributed by atoms with van der Waals surface area (Å²) in [5, 5.41) is 6.04. The van der Waals surface area contributed by atoms with E-state index in [4.69, 9.17) is 0 Å². The summed E-state index contributed by atoms with van der Waals surface area (Å²) >= 11 is 1.06. The maximum absolute atomic E-state index is 13.0. The molecule has 0 radical (unpaired) electrons. The van der Waals surface area contributed by atoms with Gasteiger partial charge in [0.15, 0.2) is 0 Å². The Hall–Kier alpha value is -3.84. The molecule has 5 rings (SSSR count). The summed E-state index contributed by atoms with van der Waals surface area (Å²) in [6, 6.07) is 7.42. The third-order valence-electron chi connectivity index (χ3n) is 5.52. The summed E-state index contributed by atoms with van der Waals surface area (Å²) in [6.45, 7) is 1.79. The standard InChI is InChI=1S/C23H22N6O5S2/c1-13-3-2-4-20(35-13)36(33,34)28-22(31)26-16-8-10-19(24-12-16)29-21(30)17-9-7-15(25-14-5-6-14)11-18(17)27-23(29)32/h3-4,7-12,14,25H,2,5-6H2,1H3,(H,27,32)(H2,26,28,31). The van der Waals surface area contributed by atoms with Crippen LogP contribution in [0.15, 0.2) is 67.4 Å². The van der Waals surface area contributed by atoms with Gasteiger partial charge in [-0.3, -0.25) is 4.79 Å². The molecule has 36 heavy (non-hydrogen) atoms. The van der Waals surface area contributed by atoms with Crippen molar-refractivity contribution in [3.05, 3.63) is 78.7 Å². The van der Waals surface area contributed by atoms with Crippen molar-refractivity contribution < 1.29 is 13.2 Å². The number of benzene rings is 1. The van der Waals surface area contributed by atoms with Crippen molar-refractivity contribution in [3.63, 3.8) is 0 Å². The van der Waals surface area contributed by atoms with Gasteiger partial charge in [-0.25, -0.2) is 32.3 Å². The molecule has 0 spiro atoms. The van der Waals surface area contributed by atoms with E-state index in [-0.39, 0.29) is 15.7 Å². The molecule has 2 amide bonds. The quantitative estimate of drug-likeness (QED) is 0.382. The number of hydrogen-bond donors (Lipinski definition) is 4. The number of urea groups is 1. The lowest BCUT2D eigenvalue weighted by Crippen LogP contribution is -2.35. The van der Waals surface area contributed by atoms with E-state index in [1.807, 2.05) is 10.8 Å². The number of aromatic nitrogens is 3. The van der Waals surface area contributed by atoms with E-state index in [1.165, 1.54) is 24.4 Å². The van der Waals surface area contributed by atoms with Gasteiger partial charge < -0.3 is 15.6 Å². The average Bonchev–Trinajstić information content (AvgIpc) is 3.63. The van der Waals surface area contributed by atoms with Crippen LogP contribution >= 0.6 is 11.8 Å². The Balaban J connectivity index is 1.32. The summed E-state index contributed by atoms with van der Waals surface area (Å²) in [5.41, 5.74) is 0.229. The molecule has 186 valence electrons. The van der Waals surface area contributed by atoms with E-state index >= 15 is 0 Å². The number of thioether (sulfide) groups is 1. The van der Waals surface area contributed by atoms with Crippen LogP contribution in [0.4, 0.5) is 16.2 Å². The Labute approximate surface area is 209 Å². The predicted molar refractivity (Wildman–Crippen MR) is 140 cm³/mol. The third kappa shape index (κ3) is 5.06. The molecule has 0 bridgehead atoms. The van der Waals surface area contributed by atoms with Crippen molar-refractivity contribution in [2.75, 3.05) is 10.6 Å². The Morgan fingerprint density at radius 2 is 1.92 bits per heavy atom. The van der Waals surface area contributed by atoms with Gasteiger partial charge in [-0.2, -0.15) is 0 Å². The zero-order valence-electron chi connectivity index (χ0n) is 19.1. The number of carbonyl (C=O) groups excluding carboxylic acids is 1. The molecule has 13 heteroatoms. The second-order valence-electron chi connectivity index (χ2n) is 8.39. The number of amides is 2. The van der Waals surface area contributed by atoms with Crippen LogP contribution in [0, 0.1) is 0 Å². The molecule has 0 saturated heterocycles. The second-order valence-corrected chi connectivity index (χ2v) is 11.6. The predicted octanol–water partition coefficient (Wildman–Crippen LogP) is 2.98. The average molecular weight is 527 g/mol. The first-order chi connectivity index (χ1) is 17.2. The van der Waals surface area contributed by atoms with Gasteiger partial charge in [0.05, 0.1) is 22.8 Å². The highest BCUT2D eigenvalue weighted by Gasteiger charge is 2.23. The van der Waals surface area contributed by atoms with Gasteiger partial charge in [-0.1, -0.05) is 23.9 Å². The summed E-state index contributed by atoms with van der Waals surface area (Å²) in [4.78, 5) is 45.6. The lowest BCUT2D eigenvalue weighted by atomic mass is 10.2. The molecular formula is C23H22N6O5S2. The van der Waals surface area contributed by atoms with Crippen LogP contribution < -0.4 is 26.6 Å².